The number of nitrogens with two attached hydrogens (primary N) is 1. The molecule has 1 aromatic rings. The van der Waals surface area contributed by atoms with Crippen molar-refractivity contribution in [3.05, 3.63) is 16.1 Å². The summed E-state index contributed by atoms with van der Waals surface area (Å²) in [6.45, 7) is 2.14. The summed E-state index contributed by atoms with van der Waals surface area (Å²) in [7, 11) is 2.81. The van der Waals surface area contributed by atoms with Crippen molar-refractivity contribution in [3.63, 3.8) is 0 Å². The van der Waals surface area contributed by atoms with Gasteiger partial charge in [0.05, 0.1) is 5.69 Å². The summed E-state index contributed by atoms with van der Waals surface area (Å²) >= 11 is 1.61. The minimum Gasteiger partial charge on any atom is -0.327 e. The molecule has 12 heavy (non-hydrogen) atoms. The fourth-order valence-electron chi connectivity index (χ4n) is 1.67. The van der Waals surface area contributed by atoms with E-state index in [4.69, 9.17) is 5.73 Å². The summed E-state index contributed by atoms with van der Waals surface area (Å²) in [6.07, 6.45) is 2.21. The highest BCUT2D eigenvalue weighted by molar-refractivity contribution is 7.17. The van der Waals surface area contributed by atoms with Crippen molar-refractivity contribution in [1.82, 2.24) is 4.37 Å². The first kappa shape index (κ1) is 8.61. The monoisotopic (exact) mass is 200 g/mol. The van der Waals surface area contributed by atoms with Crippen molar-refractivity contribution < 1.29 is 0 Å². The number of aromatic nitrogens is 1. The lowest BCUT2D eigenvalue weighted by molar-refractivity contribution is 0.559. The summed E-state index contributed by atoms with van der Waals surface area (Å²) < 4.78 is 4.43. The Kier molecular flexibility index (Phi) is 2.19. The van der Waals surface area contributed by atoms with Gasteiger partial charge in [-0.15, -0.1) is 9.24 Å². The summed E-state index contributed by atoms with van der Waals surface area (Å²) in [5, 5.41) is 0. The standard InChI is InChI=1S/C8H13N2PS/c1-4-5-2-3-6(9)8(11)7(5)10-12-4/h6,8H,2-3,9,11H2,1H3. The van der Waals surface area contributed by atoms with Gasteiger partial charge in [0.2, 0.25) is 0 Å². The van der Waals surface area contributed by atoms with Gasteiger partial charge in [0.25, 0.3) is 0 Å². The maximum absolute atomic E-state index is 5.95. The molecule has 0 spiro atoms. The van der Waals surface area contributed by atoms with Crippen molar-refractivity contribution >= 4 is 20.8 Å². The largest absolute Gasteiger partial charge is 0.327 e. The number of rotatable bonds is 0. The molecule has 0 radical (unpaired) electrons. The number of fused-ring (bicyclic) bond motifs is 1. The van der Waals surface area contributed by atoms with Crippen molar-refractivity contribution in [2.75, 3.05) is 0 Å². The van der Waals surface area contributed by atoms with Gasteiger partial charge in [0, 0.05) is 16.6 Å². The van der Waals surface area contributed by atoms with E-state index in [0.717, 1.165) is 12.8 Å². The van der Waals surface area contributed by atoms with Crippen molar-refractivity contribution in [3.8, 4) is 0 Å². The third-order valence-corrected chi connectivity index (χ3v) is 4.14. The maximum atomic E-state index is 5.95. The van der Waals surface area contributed by atoms with Gasteiger partial charge in [-0.3, -0.25) is 0 Å². The van der Waals surface area contributed by atoms with E-state index in [9.17, 15) is 0 Å². The van der Waals surface area contributed by atoms with Crippen LogP contribution in [-0.4, -0.2) is 10.4 Å². The minimum atomic E-state index is 0.281. The highest BCUT2D eigenvalue weighted by Gasteiger charge is 2.26. The number of nitrogens with zero attached hydrogens (tertiary/aromatic N) is 1. The van der Waals surface area contributed by atoms with E-state index < -0.39 is 0 Å². The van der Waals surface area contributed by atoms with Crippen molar-refractivity contribution in [1.29, 1.82) is 0 Å². The zero-order chi connectivity index (χ0) is 8.72. The molecule has 3 unspecified atom stereocenters. The Balaban J connectivity index is 2.43. The molecule has 0 amide bonds. The van der Waals surface area contributed by atoms with Crippen LogP contribution >= 0.6 is 20.8 Å². The van der Waals surface area contributed by atoms with E-state index in [2.05, 4.69) is 20.5 Å². The van der Waals surface area contributed by atoms with Crippen LogP contribution in [0.5, 0.6) is 0 Å². The van der Waals surface area contributed by atoms with Crippen molar-refractivity contribution in [2.24, 2.45) is 5.73 Å². The lowest BCUT2D eigenvalue weighted by Gasteiger charge is -2.24. The van der Waals surface area contributed by atoms with E-state index >= 15 is 0 Å². The van der Waals surface area contributed by atoms with Crippen LogP contribution in [0.1, 0.15) is 28.2 Å². The van der Waals surface area contributed by atoms with Gasteiger partial charge in [-0.2, -0.15) is 4.37 Å². The molecular weight excluding hydrogens is 187 g/mol. The average Bonchev–Trinajstić information content (AvgIpc) is 2.41. The van der Waals surface area contributed by atoms with Gasteiger partial charge in [-0.05, 0) is 36.9 Å². The lowest BCUT2D eigenvalue weighted by atomic mass is 9.92. The van der Waals surface area contributed by atoms with Crippen LogP contribution in [0.3, 0.4) is 0 Å². The first-order valence-corrected chi connectivity index (χ1v) is 5.60. The lowest BCUT2D eigenvalue weighted by Crippen LogP contribution is -2.29. The fraction of sp³-hybridized carbons (Fsp3) is 0.625. The van der Waals surface area contributed by atoms with Crippen LogP contribution in [-0.2, 0) is 6.42 Å². The Labute approximate surface area is 78.9 Å². The van der Waals surface area contributed by atoms with Crippen LogP contribution in [0.25, 0.3) is 0 Å². The molecule has 0 bridgehead atoms. The fourth-order valence-corrected chi connectivity index (χ4v) is 3.03. The third-order valence-electron chi connectivity index (χ3n) is 2.52. The van der Waals surface area contributed by atoms with Crippen LogP contribution in [0.2, 0.25) is 0 Å². The molecule has 1 aliphatic rings. The molecule has 66 valence electrons. The second-order valence-electron chi connectivity index (χ2n) is 3.33. The molecule has 4 heteroatoms. The van der Waals surface area contributed by atoms with E-state index in [-0.39, 0.29) is 6.04 Å². The summed E-state index contributed by atoms with van der Waals surface area (Å²) in [4.78, 5) is 1.37. The Hall–Kier alpha value is 0.0200. The van der Waals surface area contributed by atoms with Gasteiger partial charge >= 0.3 is 0 Å². The molecule has 2 nitrogen and oxygen atoms in total. The van der Waals surface area contributed by atoms with Gasteiger partial charge in [0.1, 0.15) is 0 Å². The third kappa shape index (κ3) is 1.20. The molecule has 0 aromatic carbocycles. The first-order chi connectivity index (χ1) is 5.70. The van der Waals surface area contributed by atoms with Gasteiger partial charge in [-0.25, -0.2) is 0 Å². The van der Waals surface area contributed by atoms with Crippen LogP contribution in [0.4, 0.5) is 0 Å². The topological polar surface area (TPSA) is 38.9 Å². The number of aryl methyl sites for hydroxylation is 1. The molecule has 0 saturated heterocycles. The molecule has 3 atom stereocenters. The summed E-state index contributed by atoms with van der Waals surface area (Å²) in [5.74, 6) is 0. The van der Waals surface area contributed by atoms with Crippen LogP contribution < -0.4 is 5.73 Å². The number of hydrogen-bond donors (Lipinski definition) is 1. The molecule has 1 aliphatic carbocycles. The maximum Gasteiger partial charge on any atom is 0.0660 e. The van der Waals surface area contributed by atoms with Gasteiger partial charge in [0.15, 0.2) is 0 Å². The first-order valence-electron chi connectivity index (χ1n) is 4.16. The van der Waals surface area contributed by atoms with E-state index in [1.54, 1.807) is 11.5 Å². The van der Waals surface area contributed by atoms with Crippen LogP contribution in [0.15, 0.2) is 0 Å². The molecular formula is C8H13N2PS. The highest BCUT2D eigenvalue weighted by atomic mass is 32.1. The Morgan fingerprint density at radius 3 is 3.17 bits per heavy atom. The zero-order valence-electron chi connectivity index (χ0n) is 7.08. The normalized spacial score (nSPS) is 28.6. The number of hydrogen-bond acceptors (Lipinski definition) is 3. The van der Waals surface area contributed by atoms with Gasteiger partial charge in [-0.1, -0.05) is 0 Å². The molecule has 2 N–H and O–H groups in total. The predicted octanol–water partition coefficient (Wildman–Crippen LogP) is 1.64. The zero-order valence-corrected chi connectivity index (χ0v) is 9.05. The van der Waals surface area contributed by atoms with Crippen molar-refractivity contribution in [2.45, 2.75) is 31.5 Å². The Bertz CT molecular complexity index is 297. The highest BCUT2D eigenvalue weighted by Crippen LogP contribution is 2.37. The average molecular weight is 200 g/mol. The second kappa shape index (κ2) is 3.06. The quantitative estimate of drug-likeness (QED) is 0.647. The minimum absolute atomic E-state index is 0.281. The Morgan fingerprint density at radius 1 is 1.67 bits per heavy atom. The van der Waals surface area contributed by atoms with E-state index in [1.807, 2.05) is 0 Å². The molecule has 1 heterocycles. The Morgan fingerprint density at radius 2 is 2.42 bits per heavy atom. The van der Waals surface area contributed by atoms with E-state index in [1.165, 1.54) is 16.1 Å². The van der Waals surface area contributed by atoms with Crippen LogP contribution in [0, 0.1) is 6.92 Å². The molecule has 2 rings (SSSR count). The smallest absolute Gasteiger partial charge is 0.0660 e. The molecule has 0 saturated carbocycles. The summed E-state index contributed by atoms with van der Waals surface area (Å²) in [5.41, 5.74) is 8.99. The molecule has 0 fully saturated rings. The van der Waals surface area contributed by atoms with E-state index in [0.29, 0.717) is 5.66 Å². The SMILES string of the molecule is Cc1snc2c1CCC(N)C2P. The second-order valence-corrected chi connectivity index (χ2v) is 5.03. The van der Waals surface area contributed by atoms with Gasteiger partial charge < -0.3 is 5.73 Å². The molecule has 0 aliphatic heterocycles. The molecule has 1 aromatic heterocycles. The predicted molar refractivity (Wildman–Crippen MR) is 55.6 cm³/mol. The summed E-state index contributed by atoms with van der Waals surface area (Å²) in [6, 6.07) is 0.281.